The zero-order valence-corrected chi connectivity index (χ0v) is 18.1. The van der Waals surface area contributed by atoms with Gasteiger partial charge in [0.1, 0.15) is 5.75 Å². The highest BCUT2D eigenvalue weighted by Gasteiger charge is 2.27. The molecule has 0 bridgehead atoms. The van der Waals surface area contributed by atoms with E-state index in [1.165, 1.54) is 6.07 Å². The number of hydrogen-bond donors (Lipinski definition) is 0. The lowest BCUT2D eigenvalue weighted by atomic mass is 9.98. The first-order valence-corrected chi connectivity index (χ1v) is 10.7. The molecule has 2 aliphatic rings. The maximum Gasteiger partial charge on any atom is 0.311 e. The molecule has 2 atom stereocenters. The summed E-state index contributed by atoms with van der Waals surface area (Å²) in [4.78, 5) is 20.8. The average Bonchev–Trinajstić information content (AvgIpc) is 2.77. The molecular weight excluding hydrogens is 400 g/mol. The molecule has 0 saturated heterocycles. The molecule has 0 spiro atoms. The molecular formula is C23H28N2O6. The summed E-state index contributed by atoms with van der Waals surface area (Å²) in [5.74, 6) is 1.28. The van der Waals surface area contributed by atoms with Gasteiger partial charge >= 0.3 is 5.69 Å². The Morgan fingerprint density at radius 2 is 1.55 bits per heavy atom. The van der Waals surface area contributed by atoms with Gasteiger partial charge in [-0.15, -0.1) is 0 Å². The highest BCUT2D eigenvalue weighted by Crippen LogP contribution is 2.38. The lowest BCUT2D eigenvalue weighted by molar-refractivity contribution is -0.386. The molecule has 2 aliphatic heterocycles. The molecule has 2 aromatic carbocycles. The van der Waals surface area contributed by atoms with Crippen LogP contribution in [0, 0.1) is 27.2 Å². The molecule has 8 nitrogen and oxygen atoms in total. The predicted molar refractivity (Wildman–Crippen MR) is 117 cm³/mol. The van der Waals surface area contributed by atoms with Crippen molar-refractivity contribution in [3.05, 3.63) is 67.3 Å². The SMILES string of the molecule is CCC1CCc2cc(C)cc([N+](=O)[O-])c2O1.CCC1CCc2cc([N+](=O)[O-])ccc2O1. The van der Waals surface area contributed by atoms with Crippen molar-refractivity contribution in [3.8, 4) is 11.5 Å². The normalized spacial score (nSPS) is 18.9. The predicted octanol–water partition coefficient (Wildman–Crippen LogP) is 5.71. The monoisotopic (exact) mass is 428 g/mol. The van der Waals surface area contributed by atoms with E-state index in [0.717, 1.165) is 61.0 Å². The molecule has 166 valence electrons. The lowest BCUT2D eigenvalue weighted by Crippen LogP contribution is -2.22. The van der Waals surface area contributed by atoms with E-state index in [1.54, 1.807) is 18.2 Å². The van der Waals surface area contributed by atoms with Crippen LogP contribution in [0.2, 0.25) is 0 Å². The van der Waals surface area contributed by atoms with Crippen LogP contribution in [-0.2, 0) is 12.8 Å². The summed E-state index contributed by atoms with van der Waals surface area (Å²) in [5, 5.41) is 21.5. The Morgan fingerprint density at radius 3 is 2.16 bits per heavy atom. The van der Waals surface area contributed by atoms with E-state index in [4.69, 9.17) is 9.47 Å². The molecule has 0 saturated carbocycles. The van der Waals surface area contributed by atoms with Gasteiger partial charge in [0, 0.05) is 29.3 Å². The Bertz CT molecular complexity index is 975. The second-order valence-corrected chi connectivity index (χ2v) is 7.95. The Morgan fingerprint density at radius 1 is 0.903 bits per heavy atom. The molecule has 0 aromatic heterocycles. The van der Waals surface area contributed by atoms with Crippen LogP contribution in [0.5, 0.6) is 11.5 Å². The fourth-order valence-corrected chi connectivity index (χ4v) is 3.95. The topological polar surface area (TPSA) is 105 Å². The molecule has 31 heavy (non-hydrogen) atoms. The highest BCUT2D eigenvalue weighted by atomic mass is 16.6. The van der Waals surface area contributed by atoms with E-state index in [-0.39, 0.29) is 33.4 Å². The summed E-state index contributed by atoms with van der Waals surface area (Å²) in [6, 6.07) is 8.37. The summed E-state index contributed by atoms with van der Waals surface area (Å²) in [6.45, 7) is 6.00. The number of aryl methyl sites for hydroxylation is 3. The average molecular weight is 428 g/mol. The van der Waals surface area contributed by atoms with Crippen molar-refractivity contribution in [2.45, 2.75) is 71.5 Å². The molecule has 2 unspecified atom stereocenters. The van der Waals surface area contributed by atoms with Gasteiger partial charge in [-0.25, -0.2) is 0 Å². The van der Waals surface area contributed by atoms with Gasteiger partial charge in [-0.05, 0) is 57.1 Å². The molecule has 0 radical (unpaired) electrons. The Kier molecular flexibility index (Phi) is 7.09. The van der Waals surface area contributed by atoms with Crippen LogP contribution < -0.4 is 9.47 Å². The summed E-state index contributed by atoms with van der Waals surface area (Å²) in [5.41, 5.74) is 3.09. The quantitative estimate of drug-likeness (QED) is 0.456. The van der Waals surface area contributed by atoms with Gasteiger partial charge < -0.3 is 9.47 Å². The molecule has 8 heteroatoms. The Balaban J connectivity index is 0.000000176. The number of ether oxygens (including phenoxy) is 2. The van der Waals surface area contributed by atoms with Crippen LogP contribution >= 0.6 is 0 Å². The largest absolute Gasteiger partial charge is 0.490 e. The van der Waals surface area contributed by atoms with E-state index in [9.17, 15) is 20.2 Å². The van der Waals surface area contributed by atoms with E-state index in [2.05, 4.69) is 6.92 Å². The maximum absolute atomic E-state index is 10.9. The first-order valence-electron chi connectivity index (χ1n) is 10.7. The molecule has 2 aromatic rings. The van der Waals surface area contributed by atoms with Crippen molar-refractivity contribution in [3.63, 3.8) is 0 Å². The highest BCUT2D eigenvalue weighted by molar-refractivity contribution is 5.55. The fourth-order valence-electron chi connectivity index (χ4n) is 3.95. The van der Waals surface area contributed by atoms with E-state index < -0.39 is 0 Å². The zero-order valence-electron chi connectivity index (χ0n) is 18.1. The summed E-state index contributed by atoms with van der Waals surface area (Å²) in [6.07, 6.45) is 5.90. The molecule has 0 aliphatic carbocycles. The number of hydrogen-bond acceptors (Lipinski definition) is 6. The van der Waals surface area contributed by atoms with Crippen molar-refractivity contribution in [1.29, 1.82) is 0 Å². The van der Waals surface area contributed by atoms with Gasteiger partial charge in [-0.1, -0.05) is 19.9 Å². The second-order valence-electron chi connectivity index (χ2n) is 7.95. The number of benzene rings is 2. The van der Waals surface area contributed by atoms with E-state index >= 15 is 0 Å². The minimum absolute atomic E-state index is 0.105. The van der Waals surface area contributed by atoms with Gasteiger partial charge in [0.2, 0.25) is 5.75 Å². The Hall–Kier alpha value is -3.16. The molecule has 2 heterocycles. The number of rotatable bonds is 4. The fraction of sp³-hybridized carbons (Fsp3) is 0.478. The van der Waals surface area contributed by atoms with Gasteiger partial charge in [0.25, 0.3) is 5.69 Å². The van der Waals surface area contributed by atoms with Crippen molar-refractivity contribution in [1.82, 2.24) is 0 Å². The number of fused-ring (bicyclic) bond motifs is 2. The number of nitro groups is 2. The van der Waals surface area contributed by atoms with Crippen LogP contribution in [-0.4, -0.2) is 22.1 Å². The summed E-state index contributed by atoms with van der Waals surface area (Å²) < 4.78 is 11.4. The van der Waals surface area contributed by atoms with Crippen molar-refractivity contribution in [2.24, 2.45) is 0 Å². The van der Waals surface area contributed by atoms with Gasteiger partial charge in [-0.2, -0.15) is 0 Å². The third-order valence-electron chi connectivity index (χ3n) is 5.70. The molecule has 4 rings (SSSR count). The van der Waals surface area contributed by atoms with Gasteiger partial charge in [0.15, 0.2) is 0 Å². The third kappa shape index (κ3) is 5.31. The van der Waals surface area contributed by atoms with E-state index in [1.807, 2.05) is 19.9 Å². The third-order valence-corrected chi connectivity index (χ3v) is 5.70. The summed E-state index contributed by atoms with van der Waals surface area (Å²) in [7, 11) is 0. The lowest BCUT2D eigenvalue weighted by Gasteiger charge is -2.25. The van der Waals surface area contributed by atoms with Gasteiger partial charge in [0.05, 0.1) is 22.1 Å². The van der Waals surface area contributed by atoms with E-state index in [0.29, 0.717) is 5.75 Å². The van der Waals surface area contributed by atoms with Crippen molar-refractivity contribution >= 4 is 11.4 Å². The van der Waals surface area contributed by atoms with Crippen LogP contribution in [0.25, 0.3) is 0 Å². The molecule has 0 fully saturated rings. The van der Waals surface area contributed by atoms with Crippen molar-refractivity contribution < 1.29 is 19.3 Å². The minimum atomic E-state index is -0.369. The van der Waals surface area contributed by atoms with Crippen LogP contribution in [0.1, 0.15) is 56.2 Å². The number of nitro benzene ring substituents is 2. The van der Waals surface area contributed by atoms with Crippen LogP contribution in [0.3, 0.4) is 0 Å². The smallest absolute Gasteiger partial charge is 0.311 e. The van der Waals surface area contributed by atoms with Gasteiger partial charge in [-0.3, -0.25) is 20.2 Å². The second kappa shape index (κ2) is 9.76. The number of nitrogens with zero attached hydrogens (tertiary/aromatic N) is 2. The zero-order chi connectivity index (χ0) is 22.5. The first-order chi connectivity index (χ1) is 14.8. The Labute approximate surface area is 181 Å². The first kappa shape index (κ1) is 22.5. The number of non-ortho nitro benzene ring substituents is 1. The van der Waals surface area contributed by atoms with Crippen LogP contribution in [0.4, 0.5) is 11.4 Å². The maximum atomic E-state index is 10.9. The minimum Gasteiger partial charge on any atom is -0.490 e. The van der Waals surface area contributed by atoms with Crippen LogP contribution in [0.15, 0.2) is 30.3 Å². The standard InChI is InChI=1S/C12H15NO3.C11H13NO3/c1-3-10-5-4-9-6-8(2)7-11(13(14)15)12(9)16-10;1-2-10-5-3-8-7-9(12(13)14)4-6-11(8)15-10/h6-7,10H,3-5H2,1-2H3;4,6-7,10H,2-3,5H2,1H3. The molecule has 0 N–H and O–H groups in total. The molecule has 0 amide bonds. The summed E-state index contributed by atoms with van der Waals surface area (Å²) >= 11 is 0. The van der Waals surface area contributed by atoms with Crippen molar-refractivity contribution in [2.75, 3.05) is 0 Å².